The summed E-state index contributed by atoms with van der Waals surface area (Å²) in [4.78, 5) is 0. The first-order valence-electron chi connectivity index (χ1n) is 8.14. The van der Waals surface area contributed by atoms with E-state index in [1.54, 1.807) is 0 Å². The Morgan fingerprint density at radius 3 is 2.53 bits per heavy atom. The highest BCUT2D eigenvalue weighted by atomic mass is 14.9. The third-order valence-corrected chi connectivity index (χ3v) is 4.62. The Balaban J connectivity index is 2.48. The molecule has 1 rings (SSSR count). The van der Waals surface area contributed by atoms with E-state index in [0.717, 1.165) is 24.2 Å². The number of hydrogen-bond acceptors (Lipinski definition) is 1. The van der Waals surface area contributed by atoms with Gasteiger partial charge in [-0.1, -0.05) is 19.8 Å². The number of nitrogens with one attached hydrogen (secondary N) is 1. The van der Waals surface area contributed by atoms with E-state index in [2.05, 4.69) is 38.9 Å². The molecule has 0 aromatic carbocycles. The Morgan fingerprint density at radius 2 is 1.95 bits per heavy atom. The van der Waals surface area contributed by atoms with E-state index in [-0.39, 0.29) is 5.54 Å². The van der Waals surface area contributed by atoms with Crippen molar-refractivity contribution < 1.29 is 0 Å². The molecule has 0 aliphatic heterocycles. The van der Waals surface area contributed by atoms with Crippen LogP contribution in [0.25, 0.3) is 0 Å². The second kappa shape index (κ2) is 7.95. The molecule has 0 bridgehead atoms. The first-order chi connectivity index (χ1) is 8.96. The van der Waals surface area contributed by atoms with Gasteiger partial charge in [0.05, 0.1) is 0 Å². The van der Waals surface area contributed by atoms with Crippen molar-refractivity contribution in [2.75, 3.05) is 6.54 Å². The minimum Gasteiger partial charge on any atom is -0.312 e. The number of terminal acetylenes is 1. The summed E-state index contributed by atoms with van der Waals surface area (Å²) in [6.45, 7) is 10.3. The first-order valence-corrected chi connectivity index (χ1v) is 8.14. The van der Waals surface area contributed by atoms with Crippen LogP contribution in [-0.2, 0) is 0 Å². The number of rotatable bonds is 6. The standard InChI is InChI=1S/C18H33N/c1-6-8-9-10-16-13-15(7-2)11-12-17(16)14-19-18(3,4)5/h1,15-17,19H,7-14H2,2-5H3. The zero-order valence-corrected chi connectivity index (χ0v) is 13.5. The smallest absolute Gasteiger partial charge is 0.00966 e. The minimum absolute atomic E-state index is 0.241. The van der Waals surface area contributed by atoms with E-state index in [0.29, 0.717) is 0 Å². The highest BCUT2D eigenvalue weighted by Crippen LogP contribution is 2.38. The lowest BCUT2D eigenvalue weighted by molar-refractivity contribution is 0.153. The van der Waals surface area contributed by atoms with Gasteiger partial charge in [-0.05, 0) is 70.8 Å². The molecule has 3 atom stereocenters. The summed E-state index contributed by atoms with van der Waals surface area (Å²) in [5.41, 5.74) is 0.241. The maximum Gasteiger partial charge on any atom is 0.00966 e. The third kappa shape index (κ3) is 6.48. The Labute approximate surface area is 120 Å². The molecule has 1 aliphatic carbocycles. The molecule has 0 aromatic rings. The van der Waals surface area contributed by atoms with Crippen LogP contribution in [0.1, 0.15) is 72.6 Å². The van der Waals surface area contributed by atoms with Gasteiger partial charge in [0, 0.05) is 12.0 Å². The molecule has 1 heteroatoms. The van der Waals surface area contributed by atoms with Crippen molar-refractivity contribution in [1.82, 2.24) is 5.32 Å². The largest absolute Gasteiger partial charge is 0.312 e. The number of hydrogen-bond donors (Lipinski definition) is 1. The molecule has 0 amide bonds. The zero-order valence-electron chi connectivity index (χ0n) is 13.5. The van der Waals surface area contributed by atoms with Crippen molar-refractivity contribution in [2.45, 2.75) is 78.2 Å². The lowest BCUT2D eigenvalue weighted by atomic mass is 9.71. The van der Waals surface area contributed by atoms with Crippen LogP contribution >= 0.6 is 0 Å². The minimum atomic E-state index is 0.241. The molecule has 110 valence electrons. The summed E-state index contributed by atoms with van der Waals surface area (Å²) in [6, 6.07) is 0. The van der Waals surface area contributed by atoms with Crippen LogP contribution in [0.5, 0.6) is 0 Å². The monoisotopic (exact) mass is 263 g/mol. The van der Waals surface area contributed by atoms with Crippen LogP contribution in [0.15, 0.2) is 0 Å². The van der Waals surface area contributed by atoms with Crippen molar-refractivity contribution in [1.29, 1.82) is 0 Å². The van der Waals surface area contributed by atoms with E-state index in [1.165, 1.54) is 45.1 Å². The highest BCUT2D eigenvalue weighted by Gasteiger charge is 2.29. The van der Waals surface area contributed by atoms with E-state index < -0.39 is 0 Å². The fourth-order valence-corrected chi connectivity index (χ4v) is 3.32. The van der Waals surface area contributed by atoms with Crippen molar-refractivity contribution >= 4 is 0 Å². The normalized spacial score (nSPS) is 28.1. The van der Waals surface area contributed by atoms with Gasteiger partial charge >= 0.3 is 0 Å². The van der Waals surface area contributed by atoms with E-state index in [9.17, 15) is 0 Å². The molecule has 0 aromatic heterocycles. The second-order valence-electron chi connectivity index (χ2n) is 7.33. The zero-order chi connectivity index (χ0) is 14.3. The Morgan fingerprint density at radius 1 is 1.21 bits per heavy atom. The highest BCUT2D eigenvalue weighted by molar-refractivity contribution is 4.86. The molecule has 3 unspecified atom stereocenters. The predicted molar refractivity (Wildman–Crippen MR) is 85.1 cm³/mol. The maximum absolute atomic E-state index is 5.39. The van der Waals surface area contributed by atoms with Gasteiger partial charge in [0.15, 0.2) is 0 Å². The van der Waals surface area contributed by atoms with Crippen LogP contribution in [0, 0.1) is 30.1 Å². The molecular weight excluding hydrogens is 230 g/mol. The van der Waals surface area contributed by atoms with Crippen molar-refractivity contribution in [3.8, 4) is 12.3 Å². The molecule has 19 heavy (non-hydrogen) atoms. The molecular formula is C18H33N. The molecule has 1 aliphatic rings. The van der Waals surface area contributed by atoms with Crippen LogP contribution in [0.4, 0.5) is 0 Å². The average Bonchev–Trinajstić information content (AvgIpc) is 2.36. The molecule has 1 fully saturated rings. The Kier molecular flexibility index (Phi) is 6.94. The van der Waals surface area contributed by atoms with Gasteiger partial charge in [0.1, 0.15) is 0 Å². The van der Waals surface area contributed by atoms with E-state index in [4.69, 9.17) is 6.42 Å². The molecule has 0 saturated heterocycles. The van der Waals surface area contributed by atoms with Crippen molar-refractivity contribution in [3.05, 3.63) is 0 Å². The van der Waals surface area contributed by atoms with Crippen LogP contribution in [0.2, 0.25) is 0 Å². The summed E-state index contributed by atoms with van der Waals surface area (Å²) in [5, 5.41) is 3.70. The lowest BCUT2D eigenvalue weighted by Gasteiger charge is -2.37. The quantitative estimate of drug-likeness (QED) is 0.544. The maximum atomic E-state index is 5.39. The van der Waals surface area contributed by atoms with Crippen LogP contribution < -0.4 is 5.32 Å². The Bertz CT molecular complexity index is 281. The molecule has 1 nitrogen and oxygen atoms in total. The van der Waals surface area contributed by atoms with Crippen molar-refractivity contribution in [3.63, 3.8) is 0 Å². The second-order valence-corrected chi connectivity index (χ2v) is 7.33. The summed E-state index contributed by atoms with van der Waals surface area (Å²) in [5.74, 6) is 5.50. The van der Waals surface area contributed by atoms with Crippen LogP contribution in [0.3, 0.4) is 0 Å². The molecule has 1 N–H and O–H groups in total. The van der Waals surface area contributed by atoms with E-state index in [1.807, 2.05) is 0 Å². The van der Waals surface area contributed by atoms with Gasteiger partial charge in [-0.25, -0.2) is 0 Å². The summed E-state index contributed by atoms with van der Waals surface area (Å²) >= 11 is 0. The van der Waals surface area contributed by atoms with Gasteiger partial charge in [-0.15, -0.1) is 12.3 Å². The average molecular weight is 263 g/mol. The Hall–Kier alpha value is -0.480. The SMILES string of the molecule is C#CCCCC1CC(CC)CCC1CNC(C)(C)C. The molecule has 0 spiro atoms. The predicted octanol–water partition coefficient (Wildman–Crippen LogP) is 4.62. The van der Waals surface area contributed by atoms with Crippen molar-refractivity contribution in [2.24, 2.45) is 17.8 Å². The summed E-state index contributed by atoms with van der Waals surface area (Å²) in [7, 11) is 0. The van der Waals surface area contributed by atoms with Gasteiger partial charge < -0.3 is 5.32 Å². The van der Waals surface area contributed by atoms with Gasteiger partial charge in [0.25, 0.3) is 0 Å². The fraction of sp³-hybridized carbons (Fsp3) is 0.889. The topological polar surface area (TPSA) is 12.0 Å². The van der Waals surface area contributed by atoms with Gasteiger partial charge in [-0.3, -0.25) is 0 Å². The fourth-order valence-electron chi connectivity index (χ4n) is 3.32. The summed E-state index contributed by atoms with van der Waals surface area (Å²) in [6.07, 6.45) is 14.5. The lowest BCUT2D eigenvalue weighted by Crippen LogP contribution is -2.42. The molecule has 1 saturated carbocycles. The summed E-state index contributed by atoms with van der Waals surface area (Å²) < 4.78 is 0. The molecule has 0 heterocycles. The number of unbranched alkanes of at least 4 members (excludes halogenated alkanes) is 1. The van der Waals surface area contributed by atoms with E-state index >= 15 is 0 Å². The van der Waals surface area contributed by atoms with Gasteiger partial charge in [0.2, 0.25) is 0 Å². The van der Waals surface area contributed by atoms with Gasteiger partial charge in [-0.2, -0.15) is 0 Å². The third-order valence-electron chi connectivity index (χ3n) is 4.62. The first kappa shape index (κ1) is 16.6. The van der Waals surface area contributed by atoms with Crippen LogP contribution in [-0.4, -0.2) is 12.1 Å². The molecule has 0 radical (unpaired) electrons.